The van der Waals surface area contributed by atoms with E-state index >= 15 is 0 Å². The molecule has 3 saturated carbocycles. The molecule has 6 N–H and O–H groups in total. The van der Waals surface area contributed by atoms with Crippen LogP contribution in [0.3, 0.4) is 0 Å². The summed E-state index contributed by atoms with van der Waals surface area (Å²) in [5.41, 5.74) is 1.76. The van der Waals surface area contributed by atoms with Crippen LogP contribution >= 0.6 is 0 Å². The van der Waals surface area contributed by atoms with Crippen LogP contribution < -0.4 is 5.32 Å². The fourth-order valence-corrected chi connectivity index (χ4v) is 11.3. The molecule has 10 nitrogen and oxygen atoms in total. The zero-order valence-electron chi connectivity index (χ0n) is 29.9. The Kier molecular flexibility index (Phi) is 11.9. The molecule has 0 bridgehead atoms. The lowest BCUT2D eigenvalue weighted by Gasteiger charge is -2.59. The van der Waals surface area contributed by atoms with E-state index in [1.807, 2.05) is 0 Å². The minimum absolute atomic E-state index is 0.0300. The third kappa shape index (κ3) is 7.06. The largest absolute Gasteiger partial charge is 0.477 e. The van der Waals surface area contributed by atoms with Gasteiger partial charge in [-0.1, -0.05) is 65.5 Å². The van der Waals surface area contributed by atoms with Crippen molar-refractivity contribution in [1.29, 1.82) is 0 Å². The van der Waals surface area contributed by atoms with Crippen molar-refractivity contribution in [1.82, 2.24) is 5.32 Å². The van der Waals surface area contributed by atoms with Gasteiger partial charge in [-0.2, -0.15) is 0 Å². The fraction of sp³-hybridized carbons (Fsp3) is 0.895. The molecule has 0 aromatic rings. The minimum atomic E-state index is -2.27. The van der Waals surface area contributed by atoms with Crippen molar-refractivity contribution in [3.05, 3.63) is 11.6 Å². The Morgan fingerprint density at radius 1 is 1.10 bits per heavy atom. The van der Waals surface area contributed by atoms with Crippen LogP contribution in [0.15, 0.2) is 11.6 Å². The number of fused-ring (bicyclic) bond motifs is 5. The van der Waals surface area contributed by atoms with Gasteiger partial charge in [0.1, 0.15) is 24.6 Å². The SMILES string of the molecule is CC(C)CCC[C@@H](C)[C@H]1CC[C@H]2[C@@H]3CC=C4C[C@@H](O[C@]5(C(=O)O)C[C@H](O)[C@@H](NCC=O)[C@H]([C@H](O)[C@H](O)CO)O5)CC[C@]4(C)[C@H]3CC[C@]12C. The van der Waals surface area contributed by atoms with E-state index in [0.717, 1.165) is 36.5 Å². The predicted octanol–water partition coefficient (Wildman–Crippen LogP) is 4.21. The summed E-state index contributed by atoms with van der Waals surface area (Å²) in [5, 5.41) is 54.8. The van der Waals surface area contributed by atoms with Crippen molar-refractivity contribution in [2.45, 2.75) is 154 Å². The van der Waals surface area contributed by atoms with Crippen molar-refractivity contribution < 1.29 is 44.6 Å². The molecule has 5 rings (SSSR count). The molecule has 48 heavy (non-hydrogen) atoms. The van der Waals surface area contributed by atoms with Crippen LogP contribution in [-0.4, -0.2) is 93.3 Å². The molecule has 4 aliphatic carbocycles. The van der Waals surface area contributed by atoms with E-state index in [1.54, 1.807) is 0 Å². The van der Waals surface area contributed by atoms with E-state index in [9.17, 15) is 35.1 Å². The number of carbonyl (C=O) groups is 2. The van der Waals surface area contributed by atoms with Gasteiger partial charge < -0.3 is 45.1 Å². The van der Waals surface area contributed by atoms with E-state index < -0.39 is 61.3 Å². The van der Waals surface area contributed by atoms with Gasteiger partial charge in [-0.15, -0.1) is 0 Å². The highest BCUT2D eigenvalue weighted by Crippen LogP contribution is 2.67. The molecule has 0 radical (unpaired) electrons. The Balaban J connectivity index is 1.30. The highest BCUT2D eigenvalue weighted by Gasteiger charge is 2.61. The molecular weight excluding hydrogens is 614 g/mol. The average Bonchev–Trinajstić information content (AvgIpc) is 3.40. The molecule has 5 aliphatic rings. The second kappa shape index (κ2) is 15.1. The predicted molar refractivity (Wildman–Crippen MR) is 181 cm³/mol. The molecule has 0 amide bonds. The molecule has 4 fully saturated rings. The summed E-state index contributed by atoms with van der Waals surface area (Å²) in [6.07, 6.45) is 8.17. The van der Waals surface area contributed by atoms with Crippen molar-refractivity contribution in [2.24, 2.45) is 46.3 Å². The second-order valence-electron chi connectivity index (χ2n) is 17.0. The summed E-state index contributed by atoms with van der Waals surface area (Å²) < 4.78 is 12.3. The number of aldehydes is 1. The molecule has 0 unspecified atom stereocenters. The van der Waals surface area contributed by atoms with E-state index in [2.05, 4.69) is 46.0 Å². The Morgan fingerprint density at radius 2 is 1.85 bits per heavy atom. The van der Waals surface area contributed by atoms with Crippen LogP contribution in [0.2, 0.25) is 0 Å². The Hall–Kier alpha value is -1.40. The standard InChI is InChI=1S/C38H63NO9/c1-22(2)7-6-8-23(3)27-11-12-28-26-10-9-24-19-25(13-15-36(24,4)29(26)14-16-37(27,28)5)47-38(35(45)46)20-30(42)32(39-17-18-40)34(48-38)33(44)31(43)21-41/h9,18,22-23,25-34,39,41-44H,6-8,10-17,19-21H2,1-5H3,(H,45,46)/t23-,25+,26+,27-,28+,29+,30+,31-,32-,33-,34-,36+,37-,38-/m1/s1. The number of carbonyl (C=O) groups excluding carboxylic acids is 1. The molecule has 14 atom stereocenters. The topological polar surface area (TPSA) is 166 Å². The fourth-order valence-electron chi connectivity index (χ4n) is 11.3. The summed E-state index contributed by atoms with van der Waals surface area (Å²) in [6, 6.07) is -1.06. The number of nitrogens with one attached hydrogen (secondary N) is 1. The Labute approximate surface area is 287 Å². The maximum absolute atomic E-state index is 12.8. The van der Waals surface area contributed by atoms with Crippen molar-refractivity contribution in [3.63, 3.8) is 0 Å². The summed E-state index contributed by atoms with van der Waals surface area (Å²) in [6.45, 7) is 11.2. The maximum Gasteiger partial charge on any atom is 0.364 e. The van der Waals surface area contributed by atoms with Gasteiger partial charge in [0.2, 0.25) is 0 Å². The van der Waals surface area contributed by atoms with Crippen molar-refractivity contribution in [2.75, 3.05) is 13.2 Å². The first-order chi connectivity index (χ1) is 22.7. The first kappa shape index (κ1) is 37.8. The number of ether oxygens (including phenoxy) is 2. The molecule has 0 aromatic heterocycles. The summed E-state index contributed by atoms with van der Waals surface area (Å²) in [4.78, 5) is 23.9. The van der Waals surface area contributed by atoms with Crippen LogP contribution in [0.1, 0.15) is 112 Å². The molecule has 0 aromatic carbocycles. The second-order valence-corrected chi connectivity index (χ2v) is 17.0. The first-order valence-electron chi connectivity index (χ1n) is 18.8. The van der Waals surface area contributed by atoms with E-state index in [1.165, 1.54) is 50.5 Å². The highest BCUT2D eigenvalue weighted by molar-refractivity contribution is 5.76. The zero-order chi connectivity index (χ0) is 35.0. The van der Waals surface area contributed by atoms with Crippen LogP contribution in [0.25, 0.3) is 0 Å². The number of aliphatic carboxylic acids is 1. The summed E-state index contributed by atoms with van der Waals surface area (Å²) in [5.74, 6) is 0.621. The van der Waals surface area contributed by atoms with Gasteiger partial charge >= 0.3 is 5.97 Å². The molecule has 274 valence electrons. The zero-order valence-corrected chi connectivity index (χ0v) is 29.9. The summed E-state index contributed by atoms with van der Waals surface area (Å²) >= 11 is 0. The molecule has 10 heteroatoms. The monoisotopic (exact) mass is 677 g/mol. The molecule has 1 saturated heterocycles. The van der Waals surface area contributed by atoms with Gasteiger partial charge in [-0.25, -0.2) is 4.79 Å². The van der Waals surface area contributed by atoms with E-state index in [4.69, 9.17) is 9.47 Å². The number of carboxylic acids is 1. The number of allylic oxidation sites excluding steroid dienone is 1. The maximum atomic E-state index is 12.8. The highest BCUT2D eigenvalue weighted by atomic mass is 16.7. The number of aliphatic hydroxyl groups is 4. The lowest BCUT2D eigenvalue weighted by Crippen LogP contribution is -2.68. The van der Waals surface area contributed by atoms with Gasteiger partial charge in [-0.3, -0.25) is 0 Å². The van der Waals surface area contributed by atoms with E-state index in [-0.39, 0.29) is 12.0 Å². The molecule has 0 spiro atoms. The Morgan fingerprint density at radius 3 is 2.52 bits per heavy atom. The first-order valence-corrected chi connectivity index (χ1v) is 18.8. The van der Waals surface area contributed by atoms with Crippen LogP contribution in [0, 0.1) is 46.3 Å². The molecule has 1 aliphatic heterocycles. The number of hydrogen-bond acceptors (Lipinski definition) is 9. The number of hydrogen-bond donors (Lipinski definition) is 6. The number of rotatable bonds is 14. The molecular formula is C38H63NO9. The number of carboxylic acid groups (broad SMARTS) is 1. The lowest BCUT2D eigenvalue weighted by molar-refractivity contribution is -0.325. The Bertz CT molecular complexity index is 1160. The van der Waals surface area contributed by atoms with Gasteiger partial charge in [0.05, 0.1) is 31.4 Å². The van der Waals surface area contributed by atoms with Crippen molar-refractivity contribution >= 4 is 12.3 Å². The van der Waals surface area contributed by atoms with Gasteiger partial charge in [0, 0.05) is 6.42 Å². The van der Waals surface area contributed by atoms with E-state index in [0.29, 0.717) is 36.4 Å². The quantitative estimate of drug-likeness (QED) is 0.116. The normalized spacial score (nSPS) is 43.0. The van der Waals surface area contributed by atoms with Crippen LogP contribution in [0.5, 0.6) is 0 Å². The van der Waals surface area contributed by atoms with Gasteiger partial charge in [-0.05, 0) is 97.7 Å². The third-order valence-electron chi connectivity index (χ3n) is 13.9. The average molecular weight is 678 g/mol. The van der Waals surface area contributed by atoms with Crippen molar-refractivity contribution in [3.8, 4) is 0 Å². The van der Waals surface area contributed by atoms with Crippen LogP contribution in [0.4, 0.5) is 0 Å². The lowest BCUT2D eigenvalue weighted by atomic mass is 9.47. The summed E-state index contributed by atoms with van der Waals surface area (Å²) in [7, 11) is 0. The van der Waals surface area contributed by atoms with Crippen LogP contribution in [-0.2, 0) is 19.1 Å². The number of aliphatic hydroxyl groups excluding tert-OH is 4. The third-order valence-corrected chi connectivity index (χ3v) is 13.9. The van der Waals surface area contributed by atoms with Gasteiger partial charge in [0.25, 0.3) is 5.79 Å². The molecule has 1 heterocycles. The van der Waals surface area contributed by atoms with Gasteiger partial charge in [0.15, 0.2) is 0 Å². The smallest absolute Gasteiger partial charge is 0.364 e. The minimum Gasteiger partial charge on any atom is -0.477 e.